The quantitative estimate of drug-likeness (QED) is 0.656. The molecule has 1 heterocycles. The minimum absolute atomic E-state index is 0.183. The van der Waals surface area contributed by atoms with Crippen LogP contribution < -0.4 is 5.32 Å². The lowest BCUT2D eigenvalue weighted by atomic mass is 10.0. The van der Waals surface area contributed by atoms with Crippen molar-refractivity contribution in [3.05, 3.63) is 64.6 Å². The molecule has 2 rings (SSSR count). The van der Waals surface area contributed by atoms with E-state index in [0.29, 0.717) is 16.1 Å². The van der Waals surface area contributed by atoms with Gasteiger partial charge in [-0.3, -0.25) is 9.59 Å². The van der Waals surface area contributed by atoms with Crippen LogP contribution >= 0.6 is 11.3 Å². The molecule has 22 heavy (non-hydrogen) atoms. The average molecular weight is 315 g/mol. The SMILES string of the molecule is Cc1csc(NC(=O)/C=C/C(=O)O)c1C(=O)c1ccccc1. The second-order valence-electron chi connectivity index (χ2n) is 4.48. The molecule has 0 spiro atoms. The minimum Gasteiger partial charge on any atom is -0.478 e. The molecule has 5 nitrogen and oxygen atoms in total. The van der Waals surface area contributed by atoms with Crippen LogP contribution in [0.3, 0.4) is 0 Å². The van der Waals surface area contributed by atoms with Crippen molar-refractivity contribution in [2.75, 3.05) is 5.32 Å². The fourth-order valence-electron chi connectivity index (χ4n) is 1.85. The molecule has 0 aliphatic rings. The zero-order chi connectivity index (χ0) is 16.1. The van der Waals surface area contributed by atoms with Crippen LogP contribution in [0.25, 0.3) is 0 Å². The summed E-state index contributed by atoms with van der Waals surface area (Å²) in [7, 11) is 0. The first-order chi connectivity index (χ1) is 10.5. The first-order valence-corrected chi connectivity index (χ1v) is 7.27. The predicted octanol–water partition coefficient (Wildman–Crippen LogP) is 2.87. The molecule has 0 aliphatic carbocycles. The molecule has 0 unspecified atom stereocenters. The Labute approximate surface area is 130 Å². The number of hydrogen-bond donors (Lipinski definition) is 2. The van der Waals surface area contributed by atoms with E-state index in [2.05, 4.69) is 5.32 Å². The molecule has 0 saturated carbocycles. The number of ketones is 1. The predicted molar refractivity (Wildman–Crippen MR) is 84.3 cm³/mol. The number of carboxylic acids is 1. The number of carboxylic acid groups (broad SMARTS) is 1. The summed E-state index contributed by atoms with van der Waals surface area (Å²) in [4.78, 5) is 34.6. The molecule has 0 saturated heterocycles. The van der Waals surface area contributed by atoms with Crippen molar-refractivity contribution in [2.24, 2.45) is 0 Å². The van der Waals surface area contributed by atoms with Gasteiger partial charge in [-0.2, -0.15) is 0 Å². The molecule has 1 aromatic carbocycles. The van der Waals surface area contributed by atoms with Crippen LogP contribution in [-0.4, -0.2) is 22.8 Å². The van der Waals surface area contributed by atoms with E-state index in [1.54, 1.807) is 36.6 Å². The summed E-state index contributed by atoms with van der Waals surface area (Å²) in [5.41, 5.74) is 1.71. The lowest BCUT2D eigenvalue weighted by Gasteiger charge is -2.05. The highest BCUT2D eigenvalue weighted by Crippen LogP contribution is 2.30. The third-order valence-corrected chi connectivity index (χ3v) is 3.87. The van der Waals surface area contributed by atoms with Gasteiger partial charge < -0.3 is 10.4 Å². The van der Waals surface area contributed by atoms with Gasteiger partial charge in [-0.25, -0.2) is 4.79 Å². The molecule has 0 aliphatic heterocycles. The van der Waals surface area contributed by atoms with Crippen LogP contribution in [0.1, 0.15) is 21.5 Å². The largest absolute Gasteiger partial charge is 0.478 e. The van der Waals surface area contributed by atoms with Crippen molar-refractivity contribution in [1.82, 2.24) is 0 Å². The first-order valence-electron chi connectivity index (χ1n) is 6.39. The molecule has 6 heteroatoms. The van der Waals surface area contributed by atoms with Crippen molar-refractivity contribution in [2.45, 2.75) is 6.92 Å². The monoisotopic (exact) mass is 315 g/mol. The Kier molecular flexibility index (Phi) is 4.85. The first kappa shape index (κ1) is 15.7. The van der Waals surface area contributed by atoms with Crippen molar-refractivity contribution >= 4 is 34.0 Å². The highest BCUT2D eigenvalue weighted by molar-refractivity contribution is 7.15. The van der Waals surface area contributed by atoms with Gasteiger partial charge in [-0.1, -0.05) is 30.3 Å². The van der Waals surface area contributed by atoms with E-state index in [1.165, 1.54) is 11.3 Å². The Morgan fingerprint density at radius 1 is 1.14 bits per heavy atom. The standard InChI is InChI=1S/C16H13NO4S/c1-10-9-22-16(17-12(18)7-8-13(19)20)14(10)15(21)11-5-3-2-4-6-11/h2-9H,1H3,(H,17,18)(H,19,20)/b8-7+. The van der Waals surface area contributed by atoms with Crippen molar-refractivity contribution in [3.63, 3.8) is 0 Å². The maximum Gasteiger partial charge on any atom is 0.328 e. The number of nitrogens with one attached hydrogen (secondary N) is 1. The molecule has 2 aromatic rings. The highest BCUT2D eigenvalue weighted by Gasteiger charge is 2.19. The lowest BCUT2D eigenvalue weighted by molar-refractivity contribution is -0.131. The molecule has 112 valence electrons. The summed E-state index contributed by atoms with van der Waals surface area (Å²) in [5.74, 6) is -1.98. The third kappa shape index (κ3) is 3.67. The number of benzene rings is 1. The van der Waals surface area contributed by atoms with E-state index < -0.39 is 11.9 Å². The van der Waals surface area contributed by atoms with Crippen LogP contribution in [0.15, 0.2) is 47.9 Å². The fraction of sp³-hybridized carbons (Fsp3) is 0.0625. The number of carbonyl (C=O) groups is 3. The number of carbonyl (C=O) groups excluding carboxylic acids is 2. The van der Waals surface area contributed by atoms with Gasteiger partial charge in [0.15, 0.2) is 5.78 Å². The molecule has 0 radical (unpaired) electrons. The second-order valence-corrected chi connectivity index (χ2v) is 5.36. The zero-order valence-electron chi connectivity index (χ0n) is 11.7. The van der Waals surface area contributed by atoms with Crippen molar-refractivity contribution in [1.29, 1.82) is 0 Å². The Hall–Kier alpha value is -2.73. The van der Waals surface area contributed by atoms with Gasteiger partial charge in [0.25, 0.3) is 0 Å². The molecule has 0 fully saturated rings. The summed E-state index contributed by atoms with van der Waals surface area (Å²) < 4.78 is 0. The number of amides is 1. The molecule has 1 aromatic heterocycles. The number of rotatable bonds is 5. The molecule has 0 bridgehead atoms. The summed E-state index contributed by atoms with van der Waals surface area (Å²) in [6.45, 7) is 1.79. The normalized spacial score (nSPS) is 10.6. The summed E-state index contributed by atoms with van der Waals surface area (Å²) in [6.07, 6.45) is 1.66. The van der Waals surface area contributed by atoms with Gasteiger partial charge >= 0.3 is 5.97 Å². The average Bonchev–Trinajstić information content (AvgIpc) is 2.86. The molecular formula is C16H13NO4S. The fourth-order valence-corrected chi connectivity index (χ4v) is 2.80. The van der Waals surface area contributed by atoms with E-state index in [0.717, 1.165) is 17.7 Å². The number of aliphatic carboxylic acids is 1. The van der Waals surface area contributed by atoms with Gasteiger partial charge in [-0.05, 0) is 17.9 Å². The Balaban J connectivity index is 2.27. The van der Waals surface area contributed by atoms with E-state index >= 15 is 0 Å². The zero-order valence-corrected chi connectivity index (χ0v) is 12.5. The molecule has 0 atom stereocenters. The highest BCUT2D eigenvalue weighted by atomic mass is 32.1. The van der Waals surface area contributed by atoms with Crippen LogP contribution in [-0.2, 0) is 9.59 Å². The van der Waals surface area contributed by atoms with Gasteiger partial charge in [0.1, 0.15) is 5.00 Å². The number of hydrogen-bond acceptors (Lipinski definition) is 4. The molecule has 1 amide bonds. The van der Waals surface area contributed by atoms with Crippen LogP contribution in [0.2, 0.25) is 0 Å². The van der Waals surface area contributed by atoms with E-state index in [4.69, 9.17) is 5.11 Å². The Morgan fingerprint density at radius 3 is 2.45 bits per heavy atom. The van der Waals surface area contributed by atoms with Gasteiger partial charge in [0.2, 0.25) is 5.91 Å². The van der Waals surface area contributed by atoms with Gasteiger partial charge in [-0.15, -0.1) is 11.3 Å². The second kappa shape index (κ2) is 6.82. The number of anilines is 1. The Morgan fingerprint density at radius 2 is 1.82 bits per heavy atom. The van der Waals surface area contributed by atoms with Crippen LogP contribution in [0.4, 0.5) is 5.00 Å². The van der Waals surface area contributed by atoms with Crippen molar-refractivity contribution in [3.8, 4) is 0 Å². The molecule has 2 N–H and O–H groups in total. The maximum absolute atomic E-state index is 12.5. The summed E-state index contributed by atoms with van der Waals surface area (Å²) in [6, 6.07) is 8.76. The Bertz CT molecular complexity index is 747. The van der Waals surface area contributed by atoms with Crippen molar-refractivity contribution < 1.29 is 19.5 Å². The number of aryl methyl sites for hydroxylation is 1. The number of thiophene rings is 1. The minimum atomic E-state index is -1.21. The van der Waals surface area contributed by atoms with Gasteiger partial charge in [0, 0.05) is 17.7 Å². The smallest absolute Gasteiger partial charge is 0.328 e. The van der Waals surface area contributed by atoms with E-state index in [9.17, 15) is 14.4 Å². The molecular weight excluding hydrogens is 302 g/mol. The lowest BCUT2D eigenvalue weighted by Crippen LogP contribution is -2.12. The third-order valence-electron chi connectivity index (χ3n) is 2.85. The summed E-state index contributed by atoms with van der Waals surface area (Å²) in [5, 5.41) is 13.2. The maximum atomic E-state index is 12.5. The van der Waals surface area contributed by atoms with Crippen LogP contribution in [0, 0.1) is 6.92 Å². The van der Waals surface area contributed by atoms with Gasteiger partial charge in [0.05, 0.1) is 5.56 Å². The van der Waals surface area contributed by atoms with Crippen LogP contribution in [0.5, 0.6) is 0 Å². The summed E-state index contributed by atoms with van der Waals surface area (Å²) >= 11 is 1.23. The topological polar surface area (TPSA) is 83.5 Å². The van der Waals surface area contributed by atoms with E-state index in [-0.39, 0.29) is 5.78 Å². The van der Waals surface area contributed by atoms with E-state index in [1.807, 2.05) is 6.07 Å².